The zero-order valence-corrected chi connectivity index (χ0v) is 10.1. The summed E-state index contributed by atoms with van der Waals surface area (Å²) >= 11 is 0. The van der Waals surface area contributed by atoms with Crippen LogP contribution in [0, 0.1) is 0 Å². The van der Waals surface area contributed by atoms with Crippen LogP contribution in [-0.2, 0) is 11.3 Å². The fourth-order valence-corrected chi connectivity index (χ4v) is 2.10. The van der Waals surface area contributed by atoms with E-state index >= 15 is 0 Å². The van der Waals surface area contributed by atoms with E-state index in [0.29, 0.717) is 12.8 Å². The van der Waals surface area contributed by atoms with E-state index in [1.165, 1.54) is 0 Å². The lowest BCUT2D eigenvalue weighted by Crippen LogP contribution is -2.34. The molecule has 18 heavy (non-hydrogen) atoms. The Morgan fingerprint density at radius 3 is 2.72 bits per heavy atom. The van der Waals surface area contributed by atoms with Crippen molar-refractivity contribution in [3.8, 4) is 0 Å². The smallest absolute Gasteiger partial charge is 0.407 e. The minimum atomic E-state index is -0.538. The van der Waals surface area contributed by atoms with Crippen LogP contribution in [0.5, 0.6) is 0 Å². The third kappa shape index (κ3) is 3.45. The summed E-state index contributed by atoms with van der Waals surface area (Å²) in [7, 11) is 0. The van der Waals surface area contributed by atoms with E-state index in [9.17, 15) is 9.90 Å². The zero-order chi connectivity index (χ0) is 13.0. The highest BCUT2D eigenvalue weighted by molar-refractivity contribution is 5.67. The number of nitrogens with one attached hydrogen (secondary N) is 1. The summed E-state index contributed by atoms with van der Waals surface area (Å²) in [6, 6.07) is 9.12. The van der Waals surface area contributed by atoms with E-state index in [2.05, 4.69) is 5.32 Å². The van der Waals surface area contributed by atoms with E-state index in [1.54, 1.807) is 0 Å². The number of carbonyl (C=O) groups excluding carboxylic acids is 1. The molecule has 1 amide bonds. The number of rotatable bonds is 3. The molecule has 1 aliphatic carbocycles. The molecule has 3 atom stereocenters. The van der Waals surface area contributed by atoms with Crippen LogP contribution in [0.3, 0.4) is 0 Å². The Hall–Kier alpha value is -1.59. The van der Waals surface area contributed by atoms with Crippen LogP contribution in [0.2, 0.25) is 0 Å². The first-order valence-electron chi connectivity index (χ1n) is 6.06. The number of aliphatic hydroxyl groups excluding tert-OH is 1. The fraction of sp³-hybridized carbons (Fsp3) is 0.462. The molecule has 0 unspecified atom stereocenters. The number of aliphatic hydroxyl groups is 1. The van der Waals surface area contributed by atoms with Crippen molar-refractivity contribution in [3.63, 3.8) is 0 Å². The molecule has 1 aliphatic rings. The number of hydrogen-bond donors (Lipinski definition) is 3. The van der Waals surface area contributed by atoms with Crippen molar-refractivity contribution in [2.45, 2.75) is 37.6 Å². The number of benzene rings is 1. The molecule has 5 heteroatoms. The number of nitrogens with two attached hydrogens (primary N) is 1. The molecular formula is C13H18N2O3. The van der Waals surface area contributed by atoms with E-state index in [1.807, 2.05) is 30.3 Å². The Labute approximate surface area is 106 Å². The van der Waals surface area contributed by atoms with Crippen LogP contribution >= 0.6 is 0 Å². The van der Waals surface area contributed by atoms with E-state index in [4.69, 9.17) is 10.5 Å². The van der Waals surface area contributed by atoms with Crippen molar-refractivity contribution in [2.24, 2.45) is 5.73 Å². The predicted octanol–water partition coefficient (Wildman–Crippen LogP) is 0.763. The van der Waals surface area contributed by atoms with Crippen molar-refractivity contribution in [1.29, 1.82) is 0 Å². The third-order valence-electron chi connectivity index (χ3n) is 3.11. The molecule has 0 saturated heterocycles. The molecule has 2 rings (SSSR count). The van der Waals surface area contributed by atoms with Crippen LogP contribution in [0.4, 0.5) is 4.79 Å². The lowest BCUT2D eigenvalue weighted by molar-refractivity contribution is 0.133. The Morgan fingerprint density at radius 2 is 2.11 bits per heavy atom. The number of alkyl carbamates (subject to hydrolysis) is 1. The standard InChI is InChI=1S/C13H18N2O3/c14-11-6-10(7-12(11)16)15-13(17)18-8-9-4-2-1-3-5-9/h1-5,10-12,16H,6-8,14H2,(H,15,17)/t10-,11+,12-/m1/s1. The molecular weight excluding hydrogens is 232 g/mol. The first-order chi connectivity index (χ1) is 8.65. The Balaban J connectivity index is 1.73. The molecule has 98 valence electrons. The highest BCUT2D eigenvalue weighted by Crippen LogP contribution is 2.18. The normalized spacial score (nSPS) is 26.9. The summed E-state index contributed by atoms with van der Waals surface area (Å²) in [6.45, 7) is 0.244. The maximum absolute atomic E-state index is 11.5. The lowest BCUT2D eigenvalue weighted by Gasteiger charge is -2.12. The molecule has 0 radical (unpaired) electrons. The molecule has 0 spiro atoms. The molecule has 0 bridgehead atoms. The van der Waals surface area contributed by atoms with Crippen molar-refractivity contribution in [1.82, 2.24) is 5.32 Å². The minimum absolute atomic E-state index is 0.0988. The number of carbonyl (C=O) groups is 1. The second kappa shape index (κ2) is 5.84. The second-order valence-corrected chi connectivity index (χ2v) is 4.61. The largest absolute Gasteiger partial charge is 0.445 e. The van der Waals surface area contributed by atoms with Crippen molar-refractivity contribution in [3.05, 3.63) is 35.9 Å². The summed E-state index contributed by atoms with van der Waals surface area (Å²) < 4.78 is 5.09. The Kier molecular flexibility index (Phi) is 4.17. The van der Waals surface area contributed by atoms with Gasteiger partial charge in [-0.2, -0.15) is 0 Å². The minimum Gasteiger partial charge on any atom is -0.445 e. The average Bonchev–Trinajstić information content (AvgIpc) is 2.67. The van der Waals surface area contributed by atoms with Crippen LogP contribution < -0.4 is 11.1 Å². The topological polar surface area (TPSA) is 84.6 Å². The fourth-order valence-electron chi connectivity index (χ4n) is 2.10. The van der Waals surface area contributed by atoms with Gasteiger partial charge in [0, 0.05) is 12.1 Å². The summed E-state index contributed by atoms with van der Waals surface area (Å²) in [5.74, 6) is 0. The molecule has 1 fully saturated rings. The zero-order valence-electron chi connectivity index (χ0n) is 10.1. The summed E-state index contributed by atoms with van der Waals surface area (Å²) in [5.41, 5.74) is 6.61. The van der Waals surface area contributed by atoms with Crippen molar-refractivity contribution < 1.29 is 14.6 Å². The summed E-state index contributed by atoms with van der Waals surface area (Å²) in [5, 5.41) is 12.2. The lowest BCUT2D eigenvalue weighted by atomic mass is 10.2. The monoisotopic (exact) mass is 250 g/mol. The molecule has 0 aromatic heterocycles. The van der Waals surface area contributed by atoms with Gasteiger partial charge in [-0.05, 0) is 18.4 Å². The first-order valence-corrected chi connectivity index (χ1v) is 6.06. The molecule has 0 heterocycles. The van der Waals surface area contributed by atoms with E-state index in [0.717, 1.165) is 5.56 Å². The summed E-state index contributed by atoms with van der Waals surface area (Å²) in [4.78, 5) is 11.5. The van der Waals surface area contributed by atoms with Gasteiger partial charge in [0.1, 0.15) is 6.61 Å². The summed E-state index contributed by atoms with van der Waals surface area (Å²) in [6.07, 6.45) is 0.0676. The van der Waals surface area contributed by atoms with Gasteiger partial charge >= 0.3 is 6.09 Å². The van der Waals surface area contributed by atoms with E-state index in [-0.39, 0.29) is 18.7 Å². The van der Waals surface area contributed by atoms with Gasteiger partial charge in [-0.1, -0.05) is 30.3 Å². The molecule has 1 aromatic rings. The highest BCUT2D eigenvalue weighted by Gasteiger charge is 2.31. The van der Waals surface area contributed by atoms with Gasteiger partial charge < -0.3 is 20.9 Å². The molecule has 1 saturated carbocycles. The molecule has 5 nitrogen and oxygen atoms in total. The van der Waals surface area contributed by atoms with Gasteiger partial charge in [0.05, 0.1) is 6.10 Å². The van der Waals surface area contributed by atoms with Gasteiger partial charge in [0.15, 0.2) is 0 Å². The second-order valence-electron chi connectivity index (χ2n) is 4.61. The van der Waals surface area contributed by atoms with Crippen molar-refractivity contribution >= 4 is 6.09 Å². The van der Waals surface area contributed by atoms with Crippen LogP contribution in [0.1, 0.15) is 18.4 Å². The number of hydrogen-bond acceptors (Lipinski definition) is 4. The average molecular weight is 250 g/mol. The van der Waals surface area contributed by atoms with Crippen LogP contribution in [-0.4, -0.2) is 29.4 Å². The van der Waals surface area contributed by atoms with Crippen molar-refractivity contribution in [2.75, 3.05) is 0 Å². The van der Waals surface area contributed by atoms with E-state index < -0.39 is 12.2 Å². The highest BCUT2D eigenvalue weighted by atomic mass is 16.5. The van der Waals surface area contributed by atoms with Crippen LogP contribution in [0.25, 0.3) is 0 Å². The van der Waals surface area contributed by atoms with Gasteiger partial charge in [-0.25, -0.2) is 4.79 Å². The third-order valence-corrected chi connectivity index (χ3v) is 3.11. The molecule has 1 aromatic carbocycles. The maximum atomic E-state index is 11.5. The maximum Gasteiger partial charge on any atom is 0.407 e. The number of amides is 1. The molecule has 4 N–H and O–H groups in total. The number of ether oxygens (including phenoxy) is 1. The van der Waals surface area contributed by atoms with Gasteiger partial charge in [0.25, 0.3) is 0 Å². The Bertz CT molecular complexity index is 386. The predicted molar refractivity (Wildman–Crippen MR) is 66.8 cm³/mol. The van der Waals surface area contributed by atoms with Gasteiger partial charge in [0.2, 0.25) is 0 Å². The molecule has 0 aliphatic heterocycles. The first kappa shape index (κ1) is 12.9. The van der Waals surface area contributed by atoms with Gasteiger partial charge in [-0.3, -0.25) is 0 Å². The van der Waals surface area contributed by atoms with Gasteiger partial charge in [-0.15, -0.1) is 0 Å². The SMILES string of the molecule is N[C@H]1C[C@@H](NC(=O)OCc2ccccc2)C[C@H]1O. The Morgan fingerprint density at radius 1 is 1.39 bits per heavy atom. The quantitative estimate of drug-likeness (QED) is 0.739. The van der Waals surface area contributed by atoms with Crippen LogP contribution in [0.15, 0.2) is 30.3 Å².